The van der Waals surface area contributed by atoms with Crippen molar-refractivity contribution >= 4 is 11.8 Å². The molecule has 106 valence electrons. The minimum absolute atomic E-state index is 0.383. The molecule has 0 radical (unpaired) electrons. The number of H-pyrrole nitrogens is 1. The molecule has 0 saturated carbocycles. The fraction of sp³-hybridized carbons (Fsp3) is 0.467. The fourth-order valence-corrected chi connectivity index (χ4v) is 4.00. The average molecular weight is 288 g/mol. The van der Waals surface area contributed by atoms with Gasteiger partial charge in [0.25, 0.3) is 0 Å². The number of hydrogen-bond donors (Lipinski definition) is 2. The van der Waals surface area contributed by atoms with Crippen LogP contribution in [0.3, 0.4) is 0 Å². The summed E-state index contributed by atoms with van der Waals surface area (Å²) in [6, 6.07) is 9.14. The number of benzene rings is 1. The highest BCUT2D eigenvalue weighted by molar-refractivity contribution is 7.99. The molecule has 0 spiro atoms. The van der Waals surface area contributed by atoms with Crippen molar-refractivity contribution in [2.75, 3.05) is 6.54 Å². The van der Waals surface area contributed by atoms with Gasteiger partial charge in [-0.25, -0.2) is 4.98 Å². The molecule has 1 aromatic heterocycles. The van der Waals surface area contributed by atoms with E-state index in [0.29, 0.717) is 11.3 Å². The third kappa shape index (κ3) is 2.74. The normalized spacial score (nSPS) is 21.7. The van der Waals surface area contributed by atoms with Gasteiger partial charge in [0.2, 0.25) is 5.16 Å². The van der Waals surface area contributed by atoms with Crippen molar-refractivity contribution in [2.45, 2.75) is 43.1 Å². The topological polar surface area (TPSA) is 53.6 Å². The zero-order valence-electron chi connectivity index (χ0n) is 11.9. The monoisotopic (exact) mass is 288 g/mol. The Balaban J connectivity index is 1.84. The van der Waals surface area contributed by atoms with Gasteiger partial charge in [0.05, 0.1) is 0 Å². The smallest absolute Gasteiger partial charge is 0.208 e. The van der Waals surface area contributed by atoms with Gasteiger partial charge in [-0.05, 0) is 37.4 Å². The first-order valence-corrected chi connectivity index (χ1v) is 8.02. The number of aromatic nitrogens is 3. The maximum atomic E-state index is 4.42. The second-order valence-corrected chi connectivity index (χ2v) is 6.34. The second kappa shape index (κ2) is 5.97. The van der Waals surface area contributed by atoms with E-state index in [9.17, 15) is 0 Å². The van der Waals surface area contributed by atoms with Crippen LogP contribution in [0.2, 0.25) is 0 Å². The van der Waals surface area contributed by atoms with Gasteiger partial charge in [-0.1, -0.05) is 43.0 Å². The van der Waals surface area contributed by atoms with E-state index in [0.717, 1.165) is 30.4 Å². The van der Waals surface area contributed by atoms with Crippen molar-refractivity contribution in [3.63, 3.8) is 0 Å². The first kappa shape index (κ1) is 13.6. The van der Waals surface area contributed by atoms with Crippen molar-refractivity contribution in [3.05, 3.63) is 41.2 Å². The zero-order chi connectivity index (χ0) is 13.9. The molecular weight excluding hydrogens is 268 g/mol. The summed E-state index contributed by atoms with van der Waals surface area (Å²) in [6.07, 6.45) is 2.30. The van der Waals surface area contributed by atoms with Gasteiger partial charge < -0.3 is 5.32 Å². The zero-order valence-corrected chi connectivity index (χ0v) is 12.7. The van der Waals surface area contributed by atoms with Crippen LogP contribution in [0, 0.1) is 6.92 Å². The summed E-state index contributed by atoms with van der Waals surface area (Å²) in [4.78, 5) is 4.42. The first-order valence-electron chi connectivity index (χ1n) is 7.14. The Bertz CT molecular complexity index is 581. The number of aromatic amines is 1. The molecular formula is C15H20N4S. The Morgan fingerprint density at radius 3 is 3.00 bits per heavy atom. The molecule has 1 heterocycles. The lowest BCUT2D eigenvalue weighted by Crippen LogP contribution is -2.34. The van der Waals surface area contributed by atoms with E-state index in [1.54, 1.807) is 11.8 Å². The SMILES string of the molecule is CCNC1c2ccccc2CCC1Sc1n[nH]c(C)n1. The van der Waals surface area contributed by atoms with Gasteiger partial charge in [0.1, 0.15) is 5.82 Å². The quantitative estimate of drug-likeness (QED) is 0.908. The molecule has 0 amide bonds. The van der Waals surface area contributed by atoms with Crippen LogP contribution in [0.4, 0.5) is 0 Å². The Labute approximate surface area is 123 Å². The van der Waals surface area contributed by atoms with E-state index in [1.165, 1.54) is 11.1 Å². The van der Waals surface area contributed by atoms with Gasteiger partial charge >= 0.3 is 0 Å². The Morgan fingerprint density at radius 2 is 2.25 bits per heavy atom. The van der Waals surface area contributed by atoms with Crippen molar-refractivity contribution in [1.29, 1.82) is 0 Å². The highest BCUT2D eigenvalue weighted by atomic mass is 32.2. The molecule has 0 fully saturated rings. The number of nitrogens with one attached hydrogen (secondary N) is 2. The molecule has 0 bridgehead atoms. The van der Waals surface area contributed by atoms with Crippen molar-refractivity contribution in [1.82, 2.24) is 20.5 Å². The van der Waals surface area contributed by atoms with Crippen LogP contribution in [0.15, 0.2) is 29.4 Å². The molecule has 1 aromatic carbocycles. The van der Waals surface area contributed by atoms with Crippen LogP contribution in [-0.4, -0.2) is 27.0 Å². The minimum Gasteiger partial charge on any atom is -0.309 e. The van der Waals surface area contributed by atoms with Crippen LogP contribution < -0.4 is 5.32 Å². The number of aryl methyl sites for hydroxylation is 2. The summed E-state index contributed by atoms with van der Waals surface area (Å²) in [5.74, 6) is 0.878. The van der Waals surface area contributed by atoms with Crippen molar-refractivity contribution < 1.29 is 0 Å². The largest absolute Gasteiger partial charge is 0.309 e. The molecule has 2 atom stereocenters. The third-order valence-corrected chi connectivity index (χ3v) is 4.92. The summed E-state index contributed by atoms with van der Waals surface area (Å²) < 4.78 is 0. The standard InChI is InChI=1S/C15H20N4S/c1-3-16-14-12-7-5-4-6-11(12)8-9-13(14)20-15-17-10(2)18-19-15/h4-7,13-14,16H,3,8-9H2,1-2H3,(H,17,18,19). The second-order valence-electron chi connectivity index (χ2n) is 5.13. The van der Waals surface area contributed by atoms with Crippen LogP contribution in [-0.2, 0) is 6.42 Å². The maximum absolute atomic E-state index is 4.42. The average Bonchev–Trinajstić information content (AvgIpc) is 2.87. The molecule has 1 aliphatic rings. The summed E-state index contributed by atoms with van der Waals surface area (Å²) in [7, 11) is 0. The van der Waals surface area contributed by atoms with Crippen molar-refractivity contribution in [3.8, 4) is 0 Å². The fourth-order valence-electron chi connectivity index (χ4n) is 2.83. The highest BCUT2D eigenvalue weighted by Gasteiger charge is 2.30. The third-order valence-electron chi connectivity index (χ3n) is 3.72. The lowest BCUT2D eigenvalue weighted by molar-refractivity contribution is 0.484. The number of thioether (sulfide) groups is 1. The van der Waals surface area contributed by atoms with E-state index in [-0.39, 0.29) is 0 Å². The summed E-state index contributed by atoms with van der Waals surface area (Å²) in [6.45, 7) is 5.08. The molecule has 1 aliphatic carbocycles. The molecule has 0 saturated heterocycles. The van der Waals surface area contributed by atoms with Crippen molar-refractivity contribution in [2.24, 2.45) is 0 Å². The number of rotatable bonds is 4. The summed E-state index contributed by atoms with van der Waals surface area (Å²) in [5.41, 5.74) is 2.91. The molecule has 3 rings (SSSR count). The molecule has 0 aliphatic heterocycles. The molecule has 5 heteroatoms. The van der Waals surface area contributed by atoms with Crippen LogP contribution in [0.25, 0.3) is 0 Å². The predicted molar refractivity (Wildman–Crippen MR) is 81.9 cm³/mol. The van der Waals surface area contributed by atoms with Gasteiger partial charge in [-0.2, -0.15) is 0 Å². The molecule has 4 nitrogen and oxygen atoms in total. The van der Waals surface area contributed by atoms with E-state index < -0.39 is 0 Å². The summed E-state index contributed by atoms with van der Waals surface area (Å²) in [5, 5.41) is 12.2. The van der Waals surface area contributed by atoms with E-state index in [4.69, 9.17) is 0 Å². The Morgan fingerprint density at radius 1 is 1.40 bits per heavy atom. The minimum atomic E-state index is 0.383. The van der Waals surface area contributed by atoms with Crippen LogP contribution >= 0.6 is 11.8 Å². The Kier molecular flexibility index (Phi) is 4.08. The Hall–Kier alpha value is -1.33. The maximum Gasteiger partial charge on any atom is 0.208 e. The van der Waals surface area contributed by atoms with Crippen LogP contribution in [0.5, 0.6) is 0 Å². The summed E-state index contributed by atoms with van der Waals surface area (Å²) >= 11 is 1.78. The van der Waals surface area contributed by atoms with E-state index >= 15 is 0 Å². The van der Waals surface area contributed by atoms with Gasteiger partial charge in [-0.15, -0.1) is 5.10 Å². The lowest BCUT2D eigenvalue weighted by Gasteiger charge is -2.33. The van der Waals surface area contributed by atoms with E-state index in [2.05, 4.69) is 51.7 Å². The highest BCUT2D eigenvalue weighted by Crippen LogP contribution is 2.38. The predicted octanol–water partition coefficient (Wildman–Crippen LogP) is 2.87. The van der Waals surface area contributed by atoms with Gasteiger partial charge in [0, 0.05) is 11.3 Å². The number of fused-ring (bicyclic) bond motifs is 1. The molecule has 2 unspecified atom stereocenters. The lowest BCUT2D eigenvalue weighted by atomic mass is 9.87. The first-order chi connectivity index (χ1) is 9.78. The molecule has 2 N–H and O–H groups in total. The molecule has 2 aromatic rings. The number of hydrogen-bond acceptors (Lipinski definition) is 4. The van der Waals surface area contributed by atoms with Gasteiger partial charge in [0.15, 0.2) is 0 Å². The number of nitrogens with zero attached hydrogens (tertiary/aromatic N) is 2. The van der Waals surface area contributed by atoms with Gasteiger partial charge in [-0.3, -0.25) is 5.10 Å². The molecule has 20 heavy (non-hydrogen) atoms. The van der Waals surface area contributed by atoms with E-state index in [1.807, 2.05) is 6.92 Å². The van der Waals surface area contributed by atoms with Crippen LogP contribution in [0.1, 0.15) is 36.3 Å².